The zero-order chi connectivity index (χ0) is 8.27. The molecule has 0 saturated carbocycles. The van der Waals surface area contributed by atoms with Gasteiger partial charge in [-0.2, -0.15) is 5.26 Å². The van der Waals surface area contributed by atoms with E-state index in [9.17, 15) is 0 Å². The Bertz CT molecular complexity index is 303. The lowest BCUT2D eigenvalue weighted by Crippen LogP contribution is -1.90. The highest BCUT2D eigenvalue weighted by Crippen LogP contribution is 2.25. The number of thioether (sulfide) groups is 1. The van der Waals surface area contributed by atoms with Crippen molar-refractivity contribution in [2.24, 2.45) is 0 Å². The van der Waals surface area contributed by atoms with Gasteiger partial charge in [-0.1, -0.05) is 0 Å². The molecule has 0 fully saturated rings. The van der Waals surface area contributed by atoms with Crippen molar-refractivity contribution in [2.75, 3.05) is 11.5 Å². The number of nitrogens with zero attached hydrogens (tertiary/aromatic N) is 1. The largest absolute Gasteiger partial charge is 0.399 e. The molecule has 0 heterocycles. The summed E-state index contributed by atoms with van der Waals surface area (Å²) in [6.07, 6.45) is 0. The summed E-state index contributed by atoms with van der Waals surface area (Å²) in [5.41, 5.74) is 12.2. The molecule has 0 radical (unpaired) electrons. The van der Waals surface area contributed by atoms with Gasteiger partial charge in [0.2, 0.25) is 0 Å². The molecule has 0 aliphatic carbocycles. The van der Waals surface area contributed by atoms with Crippen LogP contribution in [0.2, 0.25) is 0 Å². The number of nitrogen functional groups attached to an aromatic ring is 2. The van der Waals surface area contributed by atoms with Crippen LogP contribution in [0.15, 0.2) is 23.1 Å². The molecule has 0 amide bonds. The Morgan fingerprint density at radius 3 is 2.73 bits per heavy atom. The van der Waals surface area contributed by atoms with Crippen molar-refractivity contribution >= 4 is 23.1 Å². The average molecular weight is 165 g/mol. The lowest BCUT2D eigenvalue weighted by Gasteiger charge is -1.99. The van der Waals surface area contributed by atoms with Crippen LogP contribution in [0.5, 0.6) is 0 Å². The van der Waals surface area contributed by atoms with E-state index in [1.54, 1.807) is 18.2 Å². The highest BCUT2D eigenvalue weighted by molar-refractivity contribution is 8.03. The van der Waals surface area contributed by atoms with Crippen molar-refractivity contribution in [3.05, 3.63) is 18.2 Å². The highest BCUT2D eigenvalue weighted by Gasteiger charge is 1.98. The molecule has 0 aliphatic heterocycles. The predicted octanol–water partition coefficient (Wildman–Crippen LogP) is 1.42. The van der Waals surface area contributed by atoms with Crippen molar-refractivity contribution in [3.63, 3.8) is 0 Å². The third kappa shape index (κ3) is 1.79. The van der Waals surface area contributed by atoms with Crippen LogP contribution in [0.25, 0.3) is 0 Å². The molecule has 1 aromatic rings. The van der Waals surface area contributed by atoms with E-state index < -0.39 is 0 Å². The minimum atomic E-state index is 0.589. The third-order valence-electron chi connectivity index (χ3n) is 1.19. The monoisotopic (exact) mass is 165 g/mol. The summed E-state index contributed by atoms with van der Waals surface area (Å²) in [6, 6.07) is 5.08. The minimum Gasteiger partial charge on any atom is -0.399 e. The minimum absolute atomic E-state index is 0.589. The molecular formula is C7H7N3S. The van der Waals surface area contributed by atoms with E-state index in [1.165, 1.54) is 0 Å². The first-order valence-electron chi connectivity index (χ1n) is 2.95. The Labute approximate surface area is 69.0 Å². The lowest BCUT2D eigenvalue weighted by molar-refractivity contribution is 1.46. The third-order valence-corrected chi connectivity index (χ3v) is 1.86. The molecule has 4 heteroatoms. The van der Waals surface area contributed by atoms with Gasteiger partial charge in [0.1, 0.15) is 5.40 Å². The van der Waals surface area contributed by atoms with Crippen molar-refractivity contribution in [3.8, 4) is 5.40 Å². The van der Waals surface area contributed by atoms with Crippen LogP contribution in [-0.4, -0.2) is 0 Å². The van der Waals surface area contributed by atoms with E-state index in [-0.39, 0.29) is 0 Å². The smallest absolute Gasteiger partial charge is 0.138 e. The Balaban J connectivity index is 3.05. The van der Waals surface area contributed by atoms with Gasteiger partial charge in [-0.05, 0) is 30.0 Å². The highest BCUT2D eigenvalue weighted by atomic mass is 32.2. The molecule has 0 saturated heterocycles. The number of hydrogen-bond donors (Lipinski definition) is 2. The maximum atomic E-state index is 8.35. The summed E-state index contributed by atoms with van der Waals surface area (Å²) in [6.45, 7) is 0. The Morgan fingerprint density at radius 2 is 2.09 bits per heavy atom. The Hall–Kier alpha value is -1.34. The first-order chi connectivity index (χ1) is 5.24. The van der Waals surface area contributed by atoms with Crippen LogP contribution >= 0.6 is 11.8 Å². The van der Waals surface area contributed by atoms with Crippen molar-refractivity contribution in [1.82, 2.24) is 0 Å². The van der Waals surface area contributed by atoms with Crippen molar-refractivity contribution in [2.45, 2.75) is 4.90 Å². The summed E-state index contributed by atoms with van der Waals surface area (Å²) < 4.78 is 0. The second kappa shape index (κ2) is 3.17. The Morgan fingerprint density at radius 1 is 1.36 bits per heavy atom. The van der Waals surface area contributed by atoms with Crippen LogP contribution in [0.4, 0.5) is 11.4 Å². The zero-order valence-electron chi connectivity index (χ0n) is 5.74. The molecule has 3 nitrogen and oxygen atoms in total. The maximum Gasteiger partial charge on any atom is 0.138 e. The molecule has 1 aromatic carbocycles. The molecular weight excluding hydrogens is 158 g/mol. The van der Waals surface area contributed by atoms with Gasteiger partial charge in [-0.25, -0.2) is 0 Å². The van der Waals surface area contributed by atoms with E-state index in [1.807, 2.05) is 5.40 Å². The number of anilines is 2. The van der Waals surface area contributed by atoms with Gasteiger partial charge in [0.05, 0.1) is 0 Å². The van der Waals surface area contributed by atoms with E-state index in [0.29, 0.717) is 16.3 Å². The molecule has 56 valence electrons. The summed E-state index contributed by atoms with van der Waals surface area (Å²) in [5.74, 6) is 0. The molecule has 0 atom stereocenters. The molecule has 4 N–H and O–H groups in total. The van der Waals surface area contributed by atoms with E-state index in [0.717, 1.165) is 11.8 Å². The first-order valence-corrected chi connectivity index (χ1v) is 3.76. The average Bonchev–Trinajstić information content (AvgIpc) is 1.98. The number of benzene rings is 1. The summed E-state index contributed by atoms with van der Waals surface area (Å²) in [5, 5.41) is 10.3. The van der Waals surface area contributed by atoms with E-state index >= 15 is 0 Å². The second-order valence-electron chi connectivity index (χ2n) is 1.99. The lowest BCUT2D eigenvalue weighted by atomic mass is 10.3. The fraction of sp³-hybridized carbons (Fsp3) is 0. The molecule has 0 spiro atoms. The van der Waals surface area contributed by atoms with E-state index in [4.69, 9.17) is 16.7 Å². The van der Waals surface area contributed by atoms with Gasteiger partial charge in [0.25, 0.3) is 0 Å². The molecule has 11 heavy (non-hydrogen) atoms. The number of nitriles is 1. The van der Waals surface area contributed by atoms with Crippen LogP contribution in [0, 0.1) is 10.7 Å². The van der Waals surface area contributed by atoms with Gasteiger partial charge in [-0.3, -0.25) is 0 Å². The van der Waals surface area contributed by atoms with Crippen LogP contribution < -0.4 is 11.5 Å². The van der Waals surface area contributed by atoms with Gasteiger partial charge >= 0.3 is 0 Å². The second-order valence-corrected chi connectivity index (χ2v) is 2.82. The fourth-order valence-electron chi connectivity index (χ4n) is 0.689. The first kappa shape index (κ1) is 7.76. The van der Waals surface area contributed by atoms with Crippen LogP contribution in [-0.2, 0) is 0 Å². The summed E-state index contributed by atoms with van der Waals surface area (Å²) in [4.78, 5) is 0.715. The topological polar surface area (TPSA) is 75.8 Å². The Kier molecular flexibility index (Phi) is 2.24. The zero-order valence-corrected chi connectivity index (χ0v) is 6.56. The normalized spacial score (nSPS) is 9.00. The predicted molar refractivity (Wildman–Crippen MR) is 46.7 cm³/mol. The molecule has 0 unspecified atom stereocenters. The van der Waals surface area contributed by atoms with Crippen LogP contribution in [0.1, 0.15) is 0 Å². The van der Waals surface area contributed by atoms with E-state index in [2.05, 4.69) is 0 Å². The standard InChI is InChI=1S/C7H7N3S/c8-4-11-7-3-5(9)1-2-6(7)10/h1-3H,9-10H2. The van der Waals surface area contributed by atoms with Crippen molar-refractivity contribution in [1.29, 1.82) is 5.26 Å². The SMILES string of the molecule is N#CSc1cc(N)ccc1N. The quantitative estimate of drug-likeness (QED) is 0.375. The summed E-state index contributed by atoms with van der Waals surface area (Å²) in [7, 11) is 0. The number of thiocyanates is 1. The van der Waals surface area contributed by atoms with Gasteiger partial charge in [-0.15, -0.1) is 0 Å². The summed E-state index contributed by atoms with van der Waals surface area (Å²) >= 11 is 1.02. The molecule has 0 aromatic heterocycles. The van der Waals surface area contributed by atoms with Gasteiger partial charge < -0.3 is 11.5 Å². The molecule has 0 aliphatic rings. The van der Waals surface area contributed by atoms with Gasteiger partial charge in [0, 0.05) is 16.3 Å². The number of hydrogen-bond acceptors (Lipinski definition) is 4. The number of nitrogens with two attached hydrogens (primary N) is 2. The van der Waals surface area contributed by atoms with Crippen LogP contribution in [0.3, 0.4) is 0 Å². The maximum absolute atomic E-state index is 8.35. The fourth-order valence-corrected chi connectivity index (χ4v) is 1.17. The number of rotatable bonds is 1. The van der Waals surface area contributed by atoms with Gasteiger partial charge in [0.15, 0.2) is 0 Å². The van der Waals surface area contributed by atoms with Crippen molar-refractivity contribution < 1.29 is 0 Å². The molecule has 0 bridgehead atoms. The molecule has 1 rings (SSSR count).